The highest BCUT2D eigenvalue weighted by molar-refractivity contribution is 5.22. The van der Waals surface area contributed by atoms with Gasteiger partial charge < -0.3 is 10.4 Å². The number of rotatable bonds is 5. The summed E-state index contributed by atoms with van der Waals surface area (Å²) in [7, 11) is 0. The summed E-state index contributed by atoms with van der Waals surface area (Å²) in [6.45, 7) is 2.27. The van der Waals surface area contributed by atoms with Crippen molar-refractivity contribution in [3.05, 3.63) is 35.4 Å². The summed E-state index contributed by atoms with van der Waals surface area (Å²) >= 11 is 0. The van der Waals surface area contributed by atoms with Gasteiger partial charge in [0.25, 0.3) is 0 Å². The smallest absolute Gasteiger partial charge is 0.131 e. The van der Waals surface area contributed by atoms with E-state index in [9.17, 15) is 13.9 Å². The molecule has 1 saturated carbocycles. The number of aliphatic hydroxyl groups excluding tert-OH is 1. The van der Waals surface area contributed by atoms with Crippen LogP contribution in [0, 0.1) is 17.6 Å². The number of hydrogen-bond donors (Lipinski definition) is 2. The minimum absolute atomic E-state index is 0.176. The van der Waals surface area contributed by atoms with Gasteiger partial charge in [-0.2, -0.15) is 0 Å². The van der Waals surface area contributed by atoms with Crippen molar-refractivity contribution in [1.29, 1.82) is 0 Å². The fourth-order valence-corrected chi connectivity index (χ4v) is 3.21. The Hall–Kier alpha value is -1.00. The van der Waals surface area contributed by atoms with Crippen molar-refractivity contribution in [2.45, 2.75) is 57.6 Å². The maximum Gasteiger partial charge on any atom is 0.131 e. The van der Waals surface area contributed by atoms with Crippen LogP contribution in [0.3, 0.4) is 0 Å². The molecule has 1 fully saturated rings. The number of nitrogens with one attached hydrogen (secondary N) is 1. The average molecular weight is 297 g/mol. The fourth-order valence-electron chi connectivity index (χ4n) is 3.21. The third-order valence-electron chi connectivity index (χ3n) is 4.57. The van der Waals surface area contributed by atoms with Crippen molar-refractivity contribution in [3.63, 3.8) is 0 Å². The van der Waals surface area contributed by atoms with Gasteiger partial charge in [0.1, 0.15) is 11.6 Å². The van der Waals surface area contributed by atoms with Gasteiger partial charge in [0, 0.05) is 12.6 Å². The second kappa shape index (κ2) is 7.85. The molecule has 2 nitrogen and oxygen atoms in total. The van der Waals surface area contributed by atoms with Gasteiger partial charge in [-0.05, 0) is 37.8 Å². The van der Waals surface area contributed by atoms with E-state index in [4.69, 9.17) is 0 Å². The molecule has 1 unspecified atom stereocenters. The van der Waals surface area contributed by atoms with Crippen LogP contribution in [0.2, 0.25) is 0 Å². The van der Waals surface area contributed by atoms with Crippen molar-refractivity contribution in [2.75, 3.05) is 6.54 Å². The minimum Gasteiger partial charge on any atom is -0.387 e. The van der Waals surface area contributed by atoms with Gasteiger partial charge in [0.2, 0.25) is 0 Å². The Balaban J connectivity index is 1.89. The summed E-state index contributed by atoms with van der Waals surface area (Å²) in [6, 6.07) is 3.92. The summed E-state index contributed by atoms with van der Waals surface area (Å²) in [5, 5.41) is 13.3. The van der Waals surface area contributed by atoms with E-state index in [1.165, 1.54) is 56.7 Å². The maximum atomic E-state index is 13.6. The van der Waals surface area contributed by atoms with E-state index in [1.807, 2.05) is 0 Å². The lowest BCUT2D eigenvalue weighted by molar-refractivity contribution is 0.155. The average Bonchev–Trinajstić information content (AvgIpc) is 2.73. The molecule has 2 rings (SSSR count). The van der Waals surface area contributed by atoms with Crippen LogP contribution in [0.1, 0.15) is 57.1 Å². The first-order valence-corrected chi connectivity index (χ1v) is 7.95. The van der Waals surface area contributed by atoms with E-state index in [0.29, 0.717) is 5.92 Å². The van der Waals surface area contributed by atoms with Crippen molar-refractivity contribution in [3.8, 4) is 0 Å². The van der Waals surface area contributed by atoms with Crippen LogP contribution < -0.4 is 5.32 Å². The first-order valence-electron chi connectivity index (χ1n) is 7.95. The Labute approximate surface area is 125 Å². The molecule has 0 aromatic heterocycles. The van der Waals surface area contributed by atoms with E-state index >= 15 is 0 Å². The Bertz CT molecular complexity index is 424. The molecule has 21 heavy (non-hydrogen) atoms. The van der Waals surface area contributed by atoms with Crippen LogP contribution in [0.25, 0.3) is 0 Å². The summed E-state index contributed by atoms with van der Waals surface area (Å²) in [5.41, 5.74) is -0.238. The van der Waals surface area contributed by atoms with Crippen LogP contribution in [0.4, 0.5) is 8.78 Å². The summed E-state index contributed by atoms with van der Waals surface area (Å²) in [5.74, 6) is -0.789. The molecule has 0 bridgehead atoms. The normalized spacial score (nSPS) is 20.0. The van der Waals surface area contributed by atoms with Crippen LogP contribution >= 0.6 is 0 Å². The molecule has 118 valence electrons. The summed E-state index contributed by atoms with van der Waals surface area (Å²) in [6.07, 6.45) is 6.33. The predicted molar refractivity (Wildman–Crippen MR) is 80.0 cm³/mol. The van der Waals surface area contributed by atoms with Gasteiger partial charge in [-0.1, -0.05) is 31.7 Å². The Morgan fingerprint density at radius 3 is 2.29 bits per heavy atom. The van der Waals surface area contributed by atoms with Crippen LogP contribution in [0.15, 0.2) is 18.2 Å². The maximum absolute atomic E-state index is 13.6. The van der Waals surface area contributed by atoms with Gasteiger partial charge >= 0.3 is 0 Å². The second-order valence-electron chi connectivity index (χ2n) is 6.10. The van der Waals surface area contributed by atoms with E-state index in [0.717, 1.165) is 0 Å². The summed E-state index contributed by atoms with van der Waals surface area (Å²) in [4.78, 5) is 0. The zero-order valence-electron chi connectivity index (χ0n) is 12.6. The zero-order valence-corrected chi connectivity index (χ0v) is 12.6. The van der Waals surface area contributed by atoms with Gasteiger partial charge in [-0.3, -0.25) is 0 Å². The van der Waals surface area contributed by atoms with Crippen molar-refractivity contribution >= 4 is 0 Å². The lowest BCUT2D eigenvalue weighted by Gasteiger charge is -2.25. The first kappa shape index (κ1) is 16.4. The molecule has 0 amide bonds. The topological polar surface area (TPSA) is 32.3 Å². The van der Waals surface area contributed by atoms with Gasteiger partial charge in [0.15, 0.2) is 0 Å². The third kappa shape index (κ3) is 4.48. The highest BCUT2D eigenvalue weighted by Crippen LogP contribution is 2.26. The molecular formula is C17H25F2NO. The van der Waals surface area contributed by atoms with E-state index in [2.05, 4.69) is 12.2 Å². The molecule has 0 heterocycles. The third-order valence-corrected chi connectivity index (χ3v) is 4.57. The molecule has 0 spiro atoms. The predicted octanol–water partition coefficient (Wildman–Crippen LogP) is 3.95. The Kier molecular flexibility index (Phi) is 6.12. The zero-order chi connectivity index (χ0) is 15.2. The van der Waals surface area contributed by atoms with Gasteiger partial charge in [-0.15, -0.1) is 0 Å². The Morgan fingerprint density at radius 1 is 1.14 bits per heavy atom. The van der Waals surface area contributed by atoms with Crippen molar-refractivity contribution < 1.29 is 13.9 Å². The second-order valence-corrected chi connectivity index (χ2v) is 6.10. The number of benzene rings is 1. The van der Waals surface area contributed by atoms with E-state index in [-0.39, 0.29) is 18.2 Å². The van der Waals surface area contributed by atoms with Crippen LogP contribution in [-0.2, 0) is 0 Å². The highest BCUT2D eigenvalue weighted by Gasteiger charge is 2.22. The number of halogens is 2. The molecule has 4 heteroatoms. The minimum atomic E-state index is -1.15. The lowest BCUT2D eigenvalue weighted by Crippen LogP contribution is -2.36. The van der Waals surface area contributed by atoms with Gasteiger partial charge in [0.05, 0.1) is 11.7 Å². The van der Waals surface area contributed by atoms with E-state index in [1.54, 1.807) is 0 Å². The van der Waals surface area contributed by atoms with Crippen molar-refractivity contribution in [2.24, 2.45) is 5.92 Å². The van der Waals surface area contributed by atoms with Gasteiger partial charge in [-0.25, -0.2) is 8.78 Å². The molecule has 1 aromatic carbocycles. The molecule has 1 aliphatic carbocycles. The number of hydrogen-bond acceptors (Lipinski definition) is 2. The molecule has 1 aliphatic rings. The van der Waals surface area contributed by atoms with Crippen LogP contribution in [0.5, 0.6) is 0 Å². The quantitative estimate of drug-likeness (QED) is 0.807. The van der Waals surface area contributed by atoms with E-state index < -0.39 is 17.7 Å². The SMILES string of the molecule is C[C@@H](NCC(O)c1c(F)cccc1F)C1CCCCCC1. The standard InChI is InChI=1S/C17H25F2NO/c1-12(13-7-4-2-3-5-8-13)20-11-16(21)17-14(18)9-6-10-15(17)19/h6,9-10,12-13,16,20-21H,2-5,7-8,11H2,1H3/t12-,16?/m1/s1. The number of aliphatic hydroxyl groups is 1. The summed E-state index contributed by atoms with van der Waals surface area (Å²) < 4.78 is 27.2. The highest BCUT2D eigenvalue weighted by atomic mass is 19.1. The molecule has 0 radical (unpaired) electrons. The molecule has 2 atom stereocenters. The molecular weight excluding hydrogens is 272 g/mol. The largest absolute Gasteiger partial charge is 0.387 e. The molecule has 1 aromatic rings. The molecule has 2 N–H and O–H groups in total. The van der Waals surface area contributed by atoms with Crippen molar-refractivity contribution in [1.82, 2.24) is 5.32 Å². The first-order chi connectivity index (χ1) is 10.1. The Morgan fingerprint density at radius 2 is 1.71 bits per heavy atom. The molecule has 0 aliphatic heterocycles. The molecule has 0 saturated heterocycles. The lowest BCUT2D eigenvalue weighted by atomic mass is 9.93. The van der Waals surface area contributed by atoms with Crippen LogP contribution in [-0.4, -0.2) is 17.7 Å². The fraction of sp³-hybridized carbons (Fsp3) is 0.647. The monoisotopic (exact) mass is 297 g/mol.